The van der Waals surface area contributed by atoms with E-state index in [1.54, 1.807) is 0 Å². The third-order valence-corrected chi connectivity index (χ3v) is 2.43. The molecule has 0 aliphatic carbocycles. The Morgan fingerprint density at radius 2 is 2.06 bits per heavy atom. The van der Waals surface area contributed by atoms with E-state index in [4.69, 9.17) is 11.6 Å². The zero-order chi connectivity index (χ0) is 12.1. The van der Waals surface area contributed by atoms with E-state index in [-0.39, 0.29) is 10.7 Å². The van der Waals surface area contributed by atoms with Gasteiger partial charge < -0.3 is 4.90 Å². The van der Waals surface area contributed by atoms with Crippen molar-refractivity contribution in [3.8, 4) is 0 Å². The minimum absolute atomic E-state index is 0.0829. The number of halogens is 1. The van der Waals surface area contributed by atoms with Gasteiger partial charge >= 0.3 is 5.69 Å². The number of hydrogen-bond acceptors (Lipinski definition) is 3. The van der Waals surface area contributed by atoms with Gasteiger partial charge in [0.2, 0.25) is 0 Å². The molecule has 16 heavy (non-hydrogen) atoms. The van der Waals surface area contributed by atoms with Crippen LogP contribution in [0.2, 0.25) is 5.15 Å². The SMILES string of the molecule is CN(C)CCCCn1c(=O)cc(Cl)[nH]c1=O. The fourth-order valence-corrected chi connectivity index (χ4v) is 1.58. The summed E-state index contributed by atoms with van der Waals surface area (Å²) in [5.41, 5.74) is -0.791. The number of rotatable bonds is 5. The van der Waals surface area contributed by atoms with E-state index in [2.05, 4.69) is 9.88 Å². The maximum absolute atomic E-state index is 11.4. The van der Waals surface area contributed by atoms with Gasteiger partial charge in [-0.2, -0.15) is 0 Å². The molecule has 5 nitrogen and oxygen atoms in total. The summed E-state index contributed by atoms with van der Waals surface area (Å²) in [6, 6.07) is 1.22. The zero-order valence-electron chi connectivity index (χ0n) is 9.49. The van der Waals surface area contributed by atoms with E-state index in [0.717, 1.165) is 19.4 Å². The van der Waals surface area contributed by atoms with Crippen LogP contribution >= 0.6 is 11.6 Å². The molecule has 1 heterocycles. The van der Waals surface area contributed by atoms with Crippen molar-refractivity contribution in [2.45, 2.75) is 19.4 Å². The first-order valence-electron chi connectivity index (χ1n) is 5.15. The summed E-state index contributed by atoms with van der Waals surface area (Å²) < 4.78 is 1.17. The predicted molar refractivity (Wildman–Crippen MR) is 64.1 cm³/mol. The van der Waals surface area contributed by atoms with Gasteiger partial charge in [-0.05, 0) is 33.5 Å². The average Bonchev–Trinajstić information content (AvgIpc) is 2.14. The van der Waals surface area contributed by atoms with Crippen molar-refractivity contribution in [1.29, 1.82) is 0 Å². The topological polar surface area (TPSA) is 58.1 Å². The van der Waals surface area contributed by atoms with Crippen molar-refractivity contribution in [3.63, 3.8) is 0 Å². The largest absolute Gasteiger partial charge is 0.329 e. The Morgan fingerprint density at radius 1 is 1.38 bits per heavy atom. The fraction of sp³-hybridized carbons (Fsp3) is 0.600. The lowest BCUT2D eigenvalue weighted by atomic mass is 10.3. The highest BCUT2D eigenvalue weighted by Crippen LogP contribution is 1.96. The molecule has 0 aromatic carbocycles. The zero-order valence-corrected chi connectivity index (χ0v) is 10.3. The molecule has 0 aliphatic heterocycles. The summed E-state index contributed by atoms with van der Waals surface area (Å²) in [5, 5.41) is 0.0829. The van der Waals surface area contributed by atoms with Crippen molar-refractivity contribution >= 4 is 11.6 Å². The first-order valence-corrected chi connectivity index (χ1v) is 5.53. The minimum atomic E-state index is -0.442. The fourth-order valence-electron chi connectivity index (χ4n) is 1.40. The second-order valence-corrected chi connectivity index (χ2v) is 4.33. The lowest BCUT2D eigenvalue weighted by molar-refractivity contribution is 0.385. The van der Waals surface area contributed by atoms with Crippen LogP contribution in [0.25, 0.3) is 0 Å². The second-order valence-electron chi connectivity index (χ2n) is 3.92. The van der Waals surface area contributed by atoms with Crippen LogP contribution in [0.5, 0.6) is 0 Å². The molecule has 1 aromatic heterocycles. The van der Waals surface area contributed by atoms with Gasteiger partial charge in [0.1, 0.15) is 5.15 Å². The number of H-pyrrole nitrogens is 1. The summed E-state index contributed by atoms with van der Waals surface area (Å²) in [5.74, 6) is 0. The molecule has 1 rings (SSSR count). The van der Waals surface area contributed by atoms with Gasteiger partial charge in [0.05, 0.1) is 0 Å². The summed E-state index contributed by atoms with van der Waals surface area (Å²) in [7, 11) is 3.97. The van der Waals surface area contributed by atoms with E-state index in [1.165, 1.54) is 10.6 Å². The molecule has 0 fully saturated rings. The van der Waals surface area contributed by atoms with Crippen LogP contribution in [0.1, 0.15) is 12.8 Å². The van der Waals surface area contributed by atoms with Crippen molar-refractivity contribution in [1.82, 2.24) is 14.5 Å². The van der Waals surface area contributed by atoms with Gasteiger partial charge in [-0.1, -0.05) is 11.6 Å². The molecular formula is C10H16ClN3O2. The highest BCUT2D eigenvalue weighted by Gasteiger charge is 2.02. The van der Waals surface area contributed by atoms with Crippen molar-refractivity contribution < 1.29 is 0 Å². The maximum Gasteiger partial charge on any atom is 0.329 e. The Morgan fingerprint density at radius 3 is 2.62 bits per heavy atom. The Balaban J connectivity index is 2.61. The van der Waals surface area contributed by atoms with E-state index < -0.39 is 5.69 Å². The normalized spacial score (nSPS) is 11.0. The Labute approximate surface area is 98.7 Å². The molecule has 6 heteroatoms. The van der Waals surface area contributed by atoms with Crippen LogP contribution in [0.3, 0.4) is 0 Å². The van der Waals surface area contributed by atoms with Gasteiger partial charge in [-0.3, -0.25) is 14.3 Å². The number of nitrogens with zero attached hydrogens (tertiary/aromatic N) is 2. The standard InChI is InChI=1S/C10H16ClN3O2/c1-13(2)5-3-4-6-14-9(15)7-8(11)12-10(14)16/h7H,3-6H2,1-2H3,(H,12,16). The summed E-state index contributed by atoms with van der Waals surface area (Å²) >= 11 is 5.55. The smallest absolute Gasteiger partial charge is 0.309 e. The quantitative estimate of drug-likeness (QED) is 0.608. The molecule has 0 amide bonds. The average molecular weight is 246 g/mol. The molecule has 90 valence electrons. The molecule has 1 N–H and O–H groups in total. The third kappa shape index (κ3) is 3.83. The van der Waals surface area contributed by atoms with Crippen molar-refractivity contribution in [2.24, 2.45) is 0 Å². The first kappa shape index (κ1) is 13.0. The molecule has 0 radical (unpaired) electrons. The highest BCUT2D eigenvalue weighted by atomic mass is 35.5. The molecule has 0 bridgehead atoms. The molecule has 0 saturated carbocycles. The molecular weight excluding hydrogens is 230 g/mol. The maximum atomic E-state index is 11.4. The van der Waals surface area contributed by atoms with Crippen molar-refractivity contribution in [2.75, 3.05) is 20.6 Å². The molecule has 0 spiro atoms. The molecule has 1 aromatic rings. The third-order valence-electron chi connectivity index (χ3n) is 2.22. The van der Waals surface area contributed by atoms with Crippen molar-refractivity contribution in [3.05, 3.63) is 32.1 Å². The van der Waals surface area contributed by atoms with Crippen LogP contribution in [0.4, 0.5) is 0 Å². The second kappa shape index (κ2) is 5.86. The number of unbranched alkanes of at least 4 members (excludes halogenated alkanes) is 1. The van der Waals surface area contributed by atoms with Crippen LogP contribution in [0.15, 0.2) is 15.7 Å². The van der Waals surface area contributed by atoms with Gasteiger partial charge in [-0.25, -0.2) is 4.79 Å². The monoisotopic (exact) mass is 245 g/mol. The predicted octanol–water partition coefficient (Wildman–Crippen LogP) is 0.532. The number of hydrogen-bond donors (Lipinski definition) is 1. The first-order chi connectivity index (χ1) is 7.50. The Kier molecular flexibility index (Phi) is 4.76. The van der Waals surface area contributed by atoms with E-state index in [0.29, 0.717) is 6.54 Å². The minimum Gasteiger partial charge on any atom is -0.309 e. The summed E-state index contributed by atoms with van der Waals surface area (Å²) in [4.78, 5) is 27.3. The van der Waals surface area contributed by atoms with Crippen LogP contribution < -0.4 is 11.2 Å². The van der Waals surface area contributed by atoms with Crippen LogP contribution in [-0.4, -0.2) is 35.1 Å². The van der Waals surface area contributed by atoms with E-state index in [1.807, 2.05) is 14.1 Å². The summed E-state index contributed by atoms with van der Waals surface area (Å²) in [6.45, 7) is 1.37. The van der Waals surface area contributed by atoms with Gasteiger partial charge in [0.25, 0.3) is 5.56 Å². The molecule has 0 saturated heterocycles. The summed E-state index contributed by atoms with van der Waals surface area (Å²) in [6.07, 6.45) is 1.74. The molecule has 0 aliphatic rings. The van der Waals surface area contributed by atoms with E-state index >= 15 is 0 Å². The van der Waals surface area contributed by atoms with E-state index in [9.17, 15) is 9.59 Å². The lowest BCUT2D eigenvalue weighted by Gasteiger charge is -2.09. The number of nitrogens with one attached hydrogen (secondary N) is 1. The van der Waals surface area contributed by atoms with Crippen LogP contribution in [-0.2, 0) is 6.54 Å². The highest BCUT2D eigenvalue weighted by molar-refractivity contribution is 6.29. The Bertz CT molecular complexity index is 419. The molecule has 0 unspecified atom stereocenters. The van der Waals surface area contributed by atoms with Gasteiger partial charge in [0.15, 0.2) is 0 Å². The lowest BCUT2D eigenvalue weighted by Crippen LogP contribution is -2.34. The number of aromatic nitrogens is 2. The Hall–Kier alpha value is -1.07. The molecule has 0 atom stereocenters. The van der Waals surface area contributed by atoms with Gasteiger partial charge in [0, 0.05) is 12.6 Å². The number of aromatic amines is 1. The van der Waals surface area contributed by atoms with Gasteiger partial charge in [-0.15, -0.1) is 0 Å². The van der Waals surface area contributed by atoms with Crippen LogP contribution in [0, 0.1) is 0 Å².